The highest BCUT2D eigenvalue weighted by Crippen LogP contribution is 2.16. The zero-order valence-corrected chi connectivity index (χ0v) is 17.7. The Morgan fingerprint density at radius 3 is 2.39 bits per heavy atom. The fourth-order valence-electron chi connectivity index (χ4n) is 2.85. The molecule has 10 heteroatoms. The van der Waals surface area contributed by atoms with Crippen molar-refractivity contribution in [2.75, 3.05) is 46.3 Å². The summed E-state index contributed by atoms with van der Waals surface area (Å²) < 4.78 is 26.6. The first-order chi connectivity index (χ1) is 13.0. The van der Waals surface area contributed by atoms with E-state index in [1.807, 2.05) is 25.7 Å². The summed E-state index contributed by atoms with van der Waals surface area (Å²) in [5, 5.41) is 2.82. The van der Waals surface area contributed by atoms with Crippen LogP contribution < -0.4 is 5.32 Å². The number of likely N-dealkylation sites (N-methyl/N-ethyl adjacent to an activating group) is 1. The molecular formula is C18H29N5O4S. The lowest BCUT2D eigenvalue weighted by molar-refractivity contribution is -0.136. The average molecular weight is 412 g/mol. The Labute approximate surface area is 166 Å². The molecular weight excluding hydrogens is 382 g/mol. The topological polar surface area (TPSA) is 103 Å². The summed E-state index contributed by atoms with van der Waals surface area (Å²) >= 11 is 0. The van der Waals surface area contributed by atoms with Crippen molar-refractivity contribution in [1.29, 1.82) is 0 Å². The summed E-state index contributed by atoms with van der Waals surface area (Å²) in [7, 11) is -1.98. The van der Waals surface area contributed by atoms with Gasteiger partial charge in [0.15, 0.2) is 0 Å². The maximum Gasteiger partial charge on any atom is 0.244 e. The summed E-state index contributed by atoms with van der Waals surface area (Å²) in [6, 6.07) is 3.11. The quantitative estimate of drug-likeness (QED) is 0.693. The number of piperazine rings is 1. The molecule has 1 fully saturated rings. The third-order valence-corrected chi connectivity index (χ3v) is 6.17. The molecule has 0 radical (unpaired) electrons. The molecule has 9 nitrogen and oxygen atoms in total. The Kier molecular flexibility index (Phi) is 7.13. The predicted molar refractivity (Wildman–Crippen MR) is 105 cm³/mol. The van der Waals surface area contributed by atoms with Gasteiger partial charge in [-0.2, -0.15) is 4.31 Å². The largest absolute Gasteiger partial charge is 0.350 e. The molecule has 2 rings (SSSR count). The highest BCUT2D eigenvalue weighted by atomic mass is 32.2. The van der Waals surface area contributed by atoms with Gasteiger partial charge in [-0.25, -0.2) is 8.42 Å². The average Bonchev–Trinajstić information content (AvgIpc) is 2.61. The fraction of sp³-hybridized carbons (Fsp3) is 0.611. The van der Waals surface area contributed by atoms with Gasteiger partial charge in [0.1, 0.15) is 4.90 Å². The van der Waals surface area contributed by atoms with Gasteiger partial charge in [-0.1, -0.05) is 0 Å². The number of hydrogen-bond donors (Lipinski definition) is 1. The summed E-state index contributed by atoms with van der Waals surface area (Å²) in [5.74, 6) is -0.386. The number of pyridine rings is 1. The maximum absolute atomic E-state index is 12.6. The van der Waals surface area contributed by atoms with Crippen molar-refractivity contribution in [2.45, 2.75) is 31.2 Å². The number of carbonyl (C=O) groups is 2. The molecule has 1 aromatic heterocycles. The van der Waals surface area contributed by atoms with Crippen molar-refractivity contribution in [1.82, 2.24) is 24.4 Å². The number of amides is 2. The Balaban J connectivity index is 1.83. The van der Waals surface area contributed by atoms with Crippen LogP contribution in [-0.2, 0) is 19.6 Å². The van der Waals surface area contributed by atoms with E-state index in [2.05, 4.69) is 10.3 Å². The second-order valence-electron chi connectivity index (χ2n) is 7.92. The molecule has 156 valence electrons. The van der Waals surface area contributed by atoms with E-state index in [1.54, 1.807) is 13.1 Å². The van der Waals surface area contributed by atoms with Crippen LogP contribution in [0.4, 0.5) is 0 Å². The first-order valence-corrected chi connectivity index (χ1v) is 10.6. The minimum Gasteiger partial charge on any atom is -0.350 e. The summed E-state index contributed by atoms with van der Waals surface area (Å²) in [4.78, 5) is 31.7. The van der Waals surface area contributed by atoms with Gasteiger partial charge in [0.2, 0.25) is 21.8 Å². The molecule has 0 unspecified atom stereocenters. The molecule has 1 N–H and O–H groups in total. The van der Waals surface area contributed by atoms with E-state index in [9.17, 15) is 18.0 Å². The normalized spacial score (nSPS) is 16.6. The first-order valence-electron chi connectivity index (χ1n) is 9.16. The molecule has 1 saturated heterocycles. The lowest BCUT2D eigenvalue weighted by Gasteiger charge is -2.34. The van der Waals surface area contributed by atoms with Crippen molar-refractivity contribution in [3.05, 3.63) is 24.5 Å². The number of nitrogens with zero attached hydrogens (tertiary/aromatic N) is 4. The third-order valence-electron chi connectivity index (χ3n) is 4.28. The van der Waals surface area contributed by atoms with Crippen LogP contribution in [0, 0.1) is 0 Å². The number of carbonyl (C=O) groups excluding carboxylic acids is 2. The monoisotopic (exact) mass is 411 g/mol. The highest BCUT2D eigenvalue weighted by molar-refractivity contribution is 7.89. The zero-order chi connectivity index (χ0) is 20.9. The summed E-state index contributed by atoms with van der Waals surface area (Å²) in [6.45, 7) is 7.30. The van der Waals surface area contributed by atoms with Crippen molar-refractivity contribution >= 4 is 21.8 Å². The van der Waals surface area contributed by atoms with E-state index >= 15 is 0 Å². The molecule has 0 atom stereocenters. The molecule has 0 bridgehead atoms. The highest BCUT2D eigenvalue weighted by Gasteiger charge is 2.29. The van der Waals surface area contributed by atoms with E-state index < -0.39 is 10.0 Å². The molecule has 28 heavy (non-hydrogen) atoms. The Morgan fingerprint density at radius 2 is 1.86 bits per heavy atom. The number of hydrogen-bond acceptors (Lipinski definition) is 6. The number of rotatable bonds is 6. The van der Waals surface area contributed by atoms with Gasteiger partial charge in [0.25, 0.3) is 0 Å². The molecule has 0 spiro atoms. The van der Waals surface area contributed by atoms with Crippen molar-refractivity contribution in [2.24, 2.45) is 0 Å². The second kappa shape index (κ2) is 8.97. The Hall–Kier alpha value is -2.04. The maximum atomic E-state index is 12.6. The second-order valence-corrected chi connectivity index (χ2v) is 9.85. The molecule has 1 aliphatic heterocycles. The van der Waals surface area contributed by atoms with Crippen LogP contribution in [0.2, 0.25) is 0 Å². The Bertz CT molecular complexity index is 784. The number of nitrogens with one attached hydrogen (secondary N) is 1. The SMILES string of the molecule is CN(CC(=O)NC(C)(C)C)C(=O)CN1CCN(S(=O)(=O)c2cccnc2)CC1. The summed E-state index contributed by atoms with van der Waals surface area (Å²) in [6.07, 6.45) is 2.86. The van der Waals surface area contributed by atoms with Gasteiger partial charge in [-0.05, 0) is 32.9 Å². The zero-order valence-electron chi connectivity index (χ0n) is 16.9. The Morgan fingerprint density at radius 1 is 1.21 bits per heavy atom. The predicted octanol–water partition coefficient (Wildman–Crippen LogP) is -0.239. The lowest BCUT2D eigenvalue weighted by Crippen LogP contribution is -2.52. The van der Waals surface area contributed by atoms with Crippen LogP contribution in [-0.4, -0.2) is 91.2 Å². The lowest BCUT2D eigenvalue weighted by atomic mass is 10.1. The van der Waals surface area contributed by atoms with Crippen LogP contribution in [0.3, 0.4) is 0 Å². The van der Waals surface area contributed by atoms with Gasteiger partial charge in [-0.3, -0.25) is 19.5 Å². The molecule has 1 aliphatic rings. The fourth-order valence-corrected chi connectivity index (χ4v) is 4.24. The van der Waals surface area contributed by atoms with Gasteiger partial charge >= 0.3 is 0 Å². The molecule has 0 aromatic carbocycles. The molecule has 2 amide bonds. The van der Waals surface area contributed by atoms with Crippen molar-refractivity contribution in [3.63, 3.8) is 0 Å². The van der Waals surface area contributed by atoms with Gasteiger partial charge < -0.3 is 10.2 Å². The standard InChI is InChI=1S/C18H29N5O4S/c1-18(2,3)20-16(24)13-21(4)17(25)14-22-8-10-23(11-9-22)28(26,27)15-6-5-7-19-12-15/h5-7,12H,8-11,13-14H2,1-4H3,(H,20,24). The van der Waals surface area contributed by atoms with Crippen LogP contribution in [0.25, 0.3) is 0 Å². The van der Waals surface area contributed by atoms with Crippen LogP contribution in [0.15, 0.2) is 29.4 Å². The minimum absolute atomic E-state index is 0.00848. The van der Waals surface area contributed by atoms with Crippen molar-refractivity contribution < 1.29 is 18.0 Å². The van der Waals surface area contributed by atoms with Crippen LogP contribution in [0.1, 0.15) is 20.8 Å². The van der Waals surface area contributed by atoms with E-state index in [-0.39, 0.29) is 35.3 Å². The first kappa shape index (κ1) is 22.3. The number of aromatic nitrogens is 1. The van der Waals surface area contributed by atoms with Crippen LogP contribution in [0.5, 0.6) is 0 Å². The summed E-state index contributed by atoms with van der Waals surface area (Å²) in [5.41, 5.74) is -0.350. The van der Waals surface area contributed by atoms with Crippen molar-refractivity contribution in [3.8, 4) is 0 Å². The van der Waals surface area contributed by atoms with E-state index in [0.29, 0.717) is 26.2 Å². The molecule has 0 saturated carbocycles. The molecule has 0 aliphatic carbocycles. The van der Waals surface area contributed by atoms with E-state index in [4.69, 9.17) is 0 Å². The van der Waals surface area contributed by atoms with E-state index in [0.717, 1.165) is 0 Å². The molecule has 1 aromatic rings. The van der Waals surface area contributed by atoms with Crippen LogP contribution >= 0.6 is 0 Å². The van der Waals surface area contributed by atoms with Gasteiger partial charge in [-0.15, -0.1) is 0 Å². The minimum atomic E-state index is -3.57. The van der Waals surface area contributed by atoms with E-state index in [1.165, 1.54) is 27.7 Å². The third kappa shape index (κ3) is 6.25. The van der Waals surface area contributed by atoms with Gasteiger partial charge in [0, 0.05) is 51.2 Å². The smallest absolute Gasteiger partial charge is 0.244 e. The molecule has 2 heterocycles. The number of sulfonamides is 1. The van der Waals surface area contributed by atoms with Gasteiger partial charge in [0.05, 0.1) is 13.1 Å².